The lowest BCUT2D eigenvalue weighted by molar-refractivity contribution is 0.0166. The van der Waals surface area contributed by atoms with Crippen molar-refractivity contribution < 1.29 is 14.3 Å². The largest absolute Gasteiger partial charge is 0.444 e. The first-order valence-corrected chi connectivity index (χ1v) is 8.81. The first kappa shape index (κ1) is 17.3. The molecule has 0 bridgehead atoms. The van der Waals surface area contributed by atoms with Crippen LogP contribution in [0, 0.1) is 6.92 Å². The van der Waals surface area contributed by atoms with Gasteiger partial charge in [0.05, 0.1) is 5.02 Å². The van der Waals surface area contributed by atoms with E-state index in [1.165, 1.54) is 0 Å². The number of amides is 1. The lowest BCUT2D eigenvalue weighted by Gasteiger charge is -2.40. The van der Waals surface area contributed by atoms with Crippen molar-refractivity contribution in [3.8, 4) is 0 Å². The van der Waals surface area contributed by atoms with Crippen LogP contribution in [0.5, 0.6) is 0 Å². The van der Waals surface area contributed by atoms with E-state index >= 15 is 0 Å². The van der Waals surface area contributed by atoms with Crippen molar-refractivity contribution in [3.63, 3.8) is 0 Å². The maximum atomic E-state index is 12.5. The minimum atomic E-state index is -0.493. The second kappa shape index (κ2) is 5.76. The molecular weight excluding hydrogens is 326 g/mol. The fraction of sp³-hybridized carbons (Fsp3) is 0.579. The number of piperidine rings is 1. The maximum Gasteiger partial charge on any atom is 0.410 e. The van der Waals surface area contributed by atoms with Crippen molar-refractivity contribution in [1.82, 2.24) is 4.90 Å². The number of ether oxygens (including phenoxy) is 1. The van der Waals surface area contributed by atoms with E-state index in [0.717, 1.165) is 24.0 Å². The number of fused-ring (bicyclic) bond motifs is 2. The molecule has 1 aliphatic heterocycles. The molecule has 0 aromatic heterocycles. The SMILES string of the molecule is Cc1ccc2c(c1Cl)C(=O)CC21CCN(C(=O)OC(C)(C)C)CC1. The molecule has 0 radical (unpaired) electrons. The van der Waals surface area contributed by atoms with Gasteiger partial charge in [-0.05, 0) is 51.7 Å². The van der Waals surface area contributed by atoms with Gasteiger partial charge in [0.2, 0.25) is 0 Å². The van der Waals surface area contributed by atoms with E-state index in [9.17, 15) is 9.59 Å². The first-order valence-electron chi connectivity index (χ1n) is 8.44. The highest BCUT2D eigenvalue weighted by molar-refractivity contribution is 6.35. The van der Waals surface area contributed by atoms with Crippen molar-refractivity contribution in [2.24, 2.45) is 0 Å². The normalized spacial score (nSPS) is 19.5. The number of hydrogen-bond donors (Lipinski definition) is 0. The predicted octanol–water partition coefficient (Wildman–Crippen LogP) is 4.50. The van der Waals surface area contributed by atoms with Crippen LogP contribution in [0.25, 0.3) is 0 Å². The molecule has 5 heteroatoms. The van der Waals surface area contributed by atoms with Gasteiger partial charge in [0.1, 0.15) is 5.60 Å². The van der Waals surface area contributed by atoms with Gasteiger partial charge in [-0.3, -0.25) is 4.79 Å². The molecule has 2 aliphatic rings. The molecule has 1 amide bonds. The van der Waals surface area contributed by atoms with Crippen LogP contribution in [0.3, 0.4) is 0 Å². The van der Waals surface area contributed by atoms with E-state index in [1.807, 2.05) is 39.8 Å². The molecule has 24 heavy (non-hydrogen) atoms. The van der Waals surface area contributed by atoms with Crippen molar-refractivity contribution in [3.05, 3.63) is 33.8 Å². The first-order chi connectivity index (χ1) is 11.1. The molecule has 1 aromatic carbocycles. The van der Waals surface area contributed by atoms with Gasteiger partial charge >= 0.3 is 6.09 Å². The second-order valence-electron chi connectivity index (χ2n) is 7.97. The Labute approximate surface area is 148 Å². The quantitative estimate of drug-likeness (QED) is 0.692. The van der Waals surface area contributed by atoms with Gasteiger partial charge in [-0.2, -0.15) is 0 Å². The van der Waals surface area contributed by atoms with E-state index in [-0.39, 0.29) is 17.3 Å². The number of hydrogen-bond acceptors (Lipinski definition) is 3. The van der Waals surface area contributed by atoms with E-state index in [0.29, 0.717) is 30.1 Å². The Kier molecular flexibility index (Phi) is 4.15. The standard InChI is InChI=1S/C19H24ClNO3/c1-12-5-6-13-15(16(12)20)14(22)11-19(13)7-9-21(10-8-19)17(23)24-18(2,3)4/h5-6H,7-11H2,1-4H3. The number of halogens is 1. The van der Waals surface area contributed by atoms with Crippen LogP contribution in [-0.4, -0.2) is 35.5 Å². The molecule has 0 atom stereocenters. The molecule has 0 N–H and O–H groups in total. The number of carbonyl (C=O) groups is 2. The third-order valence-electron chi connectivity index (χ3n) is 5.06. The number of benzene rings is 1. The Hall–Kier alpha value is -1.55. The van der Waals surface area contributed by atoms with Gasteiger partial charge in [-0.1, -0.05) is 23.7 Å². The molecule has 0 saturated carbocycles. The summed E-state index contributed by atoms with van der Waals surface area (Å²) >= 11 is 6.38. The highest BCUT2D eigenvalue weighted by Gasteiger charge is 2.47. The van der Waals surface area contributed by atoms with E-state index < -0.39 is 5.60 Å². The Morgan fingerprint density at radius 2 is 1.88 bits per heavy atom. The highest BCUT2D eigenvalue weighted by Crippen LogP contribution is 2.48. The molecule has 1 aromatic rings. The number of Topliss-reactive ketones (excluding diaryl/α,β-unsaturated/α-hetero) is 1. The van der Waals surface area contributed by atoms with Crippen LogP contribution >= 0.6 is 11.6 Å². The van der Waals surface area contributed by atoms with Crippen LogP contribution in [0.4, 0.5) is 4.79 Å². The Bertz CT molecular complexity index is 697. The average Bonchev–Trinajstić information content (AvgIpc) is 2.74. The zero-order valence-corrected chi connectivity index (χ0v) is 15.5. The van der Waals surface area contributed by atoms with Gasteiger partial charge in [0.25, 0.3) is 0 Å². The van der Waals surface area contributed by atoms with Gasteiger partial charge in [-0.25, -0.2) is 4.79 Å². The summed E-state index contributed by atoms with van der Waals surface area (Å²) in [4.78, 5) is 26.5. The fourth-order valence-corrected chi connectivity index (χ4v) is 4.05. The molecule has 1 aliphatic carbocycles. The number of nitrogens with zero attached hydrogens (tertiary/aromatic N) is 1. The lowest BCUT2D eigenvalue weighted by atomic mass is 9.74. The van der Waals surface area contributed by atoms with Crippen molar-refractivity contribution in [2.75, 3.05) is 13.1 Å². The fourth-order valence-electron chi connectivity index (χ4n) is 3.78. The van der Waals surface area contributed by atoms with Gasteiger partial charge in [-0.15, -0.1) is 0 Å². The van der Waals surface area contributed by atoms with Crippen molar-refractivity contribution in [2.45, 2.75) is 58.0 Å². The van der Waals surface area contributed by atoms with Crippen molar-refractivity contribution >= 4 is 23.5 Å². The predicted molar refractivity (Wildman–Crippen MR) is 93.9 cm³/mol. The maximum absolute atomic E-state index is 12.5. The molecule has 1 heterocycles. The summed E-state index contributed by atoms with van der Waals surface area (Å²) in [7, 11) is 0. The Morgan fingerprint density at radius 3 is 2.46 bits per heavy atom. The number of carbonyl (C=O) groups excluding carboxylic acids is 2. The zero-order chi connectivity index (χ0) is 17.7. The van der Waals surface area contributed by atoms with E-state index in [4.69, 9.17) is 16.3 Å². The summed E-state index contributed by atoms with van der Waals surface area (Å²) < 4.78 is 5.45. The van der Waals surface area contributed by atoms with Crippen LogP contribution < -0.4 is 0 Å². The van der Waals surface area contributed by atoms with Gasteiger partial charge in [0.15, 0.2) is 5.78 Å². The Balaban J connectivity index is 1.80. The molecule has 3 rings (SSSR count). The third-order valence-corrected chi connectivity index (χ3v) is 5.54. The monoisotopic (exact) mass is 349 g/mol. The third kappa shape index (κ3) is 2.92. The second-order valence-corrected chi connectivity index (χ2v) is 8.34. The van der Waals surface area contributed by atoms with Gasteiger partial charge in [0, 0.05) is 30.5 Å². The molecular formula is C19H24ClNO3. The summed E-state index contributed by atoms with van der Waals surface area (Å²) in [5, 5.41) is 0.587. The number of aryl methyl sites for hydroxylation is 1. The number of rotatable bonds is 0. The average molecular weight is 350 g/mol. The smallest absolute Gasteiger partial charge is 0.410 e. The molecule has 1 spiro atoms. The summed E-state index contributed by atoms with van der Waals surface area (Å²) in [6.07, 6.45) is 1.76. The summed E-state index contributed by atoms with van der Waals surface area (Å²) in [6, 6.07) is 4.03. The van der Waals surface area contributed by atoms with Gasteiger partial charge < -0.3 is 9.64 Å². The van der Waals surface area contributed by atoms with Crippen LogP contribution in [-0.2, 0) is 10.2 Å². The van der Waals surface area contributed by atoms with Crippen LogP contribution in [0.15, 0.2) is 12.1 Å². The zero-order valence-electron chi connectivity index (χ0n) is 14.7. The Morgan fingerprint density at radius 1 is 1.25 bits per heavy atom. The van der Waals surface area contributed by atoms with Crippen LogP contribution in [0.2, 0.25) is 5.02 Å². The van der Waals surface area contributed by atoms with E-state index in [1.54, 1.807) is 4.90 Å². The number of likely N-dealkylation sites (tertiary alicyclic amines) is 1. The summed E-state index contributed by atoms with van der Waals surface area (Å²) in [6.45, 7) is 8.73. The summed E-state index contributed by atoms with van der Waals surface area (Å²) in [5.41, 5.74) is 2.02. The molecule has 1 saturated heterocycles. The van der Waals surface area contributed by atoms with Crippen LogP contribution in [0.1, 0.15) is 61.5 Å². The minimum absolute atomic E-state index is 0.129. The molecule has 0 unspecified atom stereocenters. The van der Waals surface area contributed by atoms with E-state index in [2.05, 4.69) is 0 Å². The van der Waals surface area contributed by atoms with Crippen molar-refractivity contribution in [1.29, 1.82) is 0 Å². The number of ketones is 1. The lowest BCUT2D eigenvalue weighted by Crippen LogP contribution is -2.46. The minimum Gasteiger partial charge on any atom is -0.444 e. The topological polar surface area (TPSA) is 46.6 Å². The molecule has 4 nitrogen and oxygen atoms in total. The molecule has 1 fully saturated rings. The highest BCUT2D eigenvalue weighted by atomic mass is 35.5. The summed E-state index contributed by atoms with van der Waals surface area (Å²) in [5.74, 6) is 0.129. The molecule has 130 valence electrons.